The van der Waals surface area contributed by atoms with Gasteiger partial charge in [-0.1, -0.05) is 0 Å². The van der Waals surface area contributed by atoms with E-state index in [9.17, 15) is 9.59 Å². The van der Waals surface area contributed by atoms with Crippen LogP contribution in [0.25, 0.3) is 0 Å². The Morgan fingerprint density at radius 3 is 2.28 bits per heavy atom. The molecule has 0 N–H and O–H groups in total. The van der Waals surface area contributed by atoms with Crippen molar-refractivity contribution < 1.29 is 19.1 Å². The van der Waals surface area contributed by atoms with E-state index in [1.165, 1.54) is 20.5 Å². The maximum atomic E-state index is 11.5. The summed E-state index contributed by atoms with van der Waals surface area (Å²) in [6.07, 6.45) is 1.50. The van der Waals surface area contributed by atoms with Crippen LogP contribution in [0.1, 0.15) is 25.7 Å². The molecule has 0 unspecified atom stereocenters. The van der Waals surface area contributed by atoms with E-state index < -0.39 is 17.9 Å². The number of esters is 2. The number of nitrogens with zero attached hydrogens (tertiary/aromatic N) is 3. The van der Waals surface area contributed by atoms with E-state index in [1.807, 2.05) is 13.8 Å². The zero-order valence-corrected chi connectivity index (χ0v) is 10.9. The monoisotopic (exact) mass is 255 g/mol. The van der Waals surface area contributed by atoms with Crippen molar-refractivity contribution in [1.29, 1.82) is 0 Å². The second kappa shape index (κ2) is 6.13. The zero-order chi connectivity index (χ0) is 13.7. The van der Waals surface area contributed by atoms with Gasteiger partial charge < -0.3 is 9.47 Å². The van der Waals surface area contributed by atoms with Gasteiger partial charge in [-0.25, -0.2) is 9.67 Å². The fourth-order valence-electron chi connectivity index (χ4n) is 1.58. The molecule has 7 nitrogen and oxygen atoms in total. The van der Waals surface area contributed by atoms with Gasteiger partial charge in [-0.05, 0) is 13.8 Å². The second-order valence-electron chi connectivity index (χ2n) is 4.02. The third-order valence-corrected chi connectivity index (χ3v) is 2.49. The Morgan fingerprint density at radius 1 is 1.28 bits per heavy atom. The Balaban J connectivity index is 2.92. The average molecular weight is 255 g/mol. The van der Waals surface area contributed by atoms with Gasteiger partial charge in [-0.2, -0.15) is 5.10 Å². The van der Waals surface area contributed by atoms with Crippen LogP contribution in [0.4, 0.5) is 0 Å². The van der Waals surface area contributed by atoms with Crippen LogP contribution in [-0.4, -0.2) is 40.9 Å². The van der Waals surface area contributed by atoms with Crippen LogP contribution >= 0.6 is 0 Å². The van der Waals surface area contributed by atoms with E-state index >= 15 is 0 Å². The van der Waals surface area contributed by atoms with Crippen LogP contribution in [-0.2, 0) is 25.5 Å². The van der Waals surface area contributed by atoms with Gasteiger partial charge in [0.2, 0.25) is 0 Å². The van der Waals surface area contributed by atoms with Crippen LogP contribution in [0.2, 0.25) is 0 Å². The average Bonchev–Trinajstić information content (AvgIpc) is 2.82. The highest BCUT2D eigenvalue weighted by atomic mass is 16.5. The van der Waals surface area contributed by atoms with Crippen LogP contribution in [0, 0.1) is 5.92 Å². The van der Waals surface area contributed by atoms with Gasteiger partial charge in [0.1, 0.15) is 12.2 Å². The van der Waals surface area contributed by atoms with Gasteiger partial charge in [-0.15, -0.1) is 0 Å². The molecule has 1 heterocycles. The first-order valence-electron chi connectivity index (χ1n) is 5.55. The molecule has 1 aromatic heterocycles. The van der Waals surface area contributed by atoms with Gasteiger partial charge >= 0.3 is 11.9 Å². The van der Waals surface area contributed by atoms with Crippen molar-refractivity contribution in [3.05, 3.63) is 12.2 Å². The van der Waals surface area contributed by atoms with E-state index in [4.69, 9.17) is 0 Å². The molecule has 100 valence electrons. The minimum atomic E-state index is -1.01. The Bertz CT molecular complexity index is 412. The first-order chi connectivity index (χ1) is 8.51. The fraction of sp³-hybridized carbons (Fsp3) is 0.636. The van der Waals surface area contributed by atoms with E-state index in [2.05, 4.69) is 19.6 Å². The van der Waals surface area contributed by atoms with Gasteiger partial charge in [0, 0.05) is 12.5 Å². The molecule has 1 aromatic rings. The first-order valence-corrected chi connectivity index (χ1v) is 5.55. The topological polar surface area (TPSA) is 83.3 Å². The van der Waals surface area contributed by atoms with Gasteiger partial charge in [0.05, 0.1) is 14.2 Å². The predicted molar refractivity (Wildman–Crippen MR) is 61.6 cm³/mol. The van der Waals surface area contributed by atoms with E-state index in [1.54, 1.807) is 4.68 Å². The van der Waals surface area contributed by atoms with Crippen molar-refractivity contribution >= 4 is 11.9 Å². The number of hydrogen-bond donors (Lipinski definition) is 0. The smallest absolute Gasteiger partial charge is 0.320 e. The normalized spacial score (nSPS) is 10.8. The number of ether oxygens (including phenoxy) is 2. The zero-order valence-electron chi connectivity index (χ0n) is 10.9. The van der Waals surface area contributed by atoms with Crippen molar-refractivity contribution in [3.63, 3.8) is 0 Å². The summed E-state index contributed by atoms with van der Waals surface area (Å²) in [5, 5.41) is 4.04. The molecule has 0 aromatic carbocycles. The molecule has 0 aliphatic carbocycles. The third-order valence-electron chi connectivity index (χ3n) is 2.49. The van der Waals surface area contributed by atoms with Crippen molar-refractivity contribution in [1.82, 2.24) is 14.8 Å². The van der Waals surface area contributed by atoms with Gasteiger partial charge in [0.15, 0.2) is 5.92 Å². The molecule has 0 saturated carbocycles. The SMILES string of the molecule is COC(=O)C(Cc1ncnn1C(C)C)C(=O)OC. The minimum Gasteiger partial charge on any atom is -0.468 e. The molecular weight excluding hydrogens is 238 g/mol. The lowest BCUT2D eigenvalue weighted by Gasteiger charge is -2.14. The maximum Gasteiger partial charge on any atom is 0.320 e. The lowest BCUT2D eigenvalue weighted by atomic mass is 10.1. The summed E-state index contributed by atoms with van der Waals surface area (Å²) in [7, 11) is 2.46. The molecule has 7 heteroatoms. The second-order valence-corrected chi connectivity index (χ2v) is 4.02. The van der Waals surface area contributed by atoms with Gasteiger partial charge in [-0.3, -0.25) is 9.59 Å². The number of hydrogen-bond acceptors (Lipinski definition) is 6. The summed E-state index contributed by atoms with van der Waals surface area (Å²) >= 11 is 0. The largest absolute Gasteiger partial charge is 0.468 e. The maximum absolute atomic E-state index is 11.5. The molecule has 18 heavy (non-hydrogen) atoms. The van der Waals surface area contributed by atoms with Crippen molar-refractivity contribution in [2.45, 2.75) is 26.3 Å². The number of carbonyl (C=O) groups excluding carboxylic acids is 2. The highest BCUT2D eigenvalue weighted by Gasteiger charge is 2.30. The molecule has 0 bridgehead atoms. The standard InChI is InChI=1S/C11H17N3O4/c1-7(2)14-9(12-6-13-14)5-8(10(15)17-3)11(16)18-4/h6-8H,5H2,1-4H3. The molecule has 1 rings (SSSR count). The van der Waals surface area contributed by atoms with Gasteiger partial charge in [0.25, 0.3) is 0 Å². The van der Waals surface area contributed by atoms with E-state index in [0.717, 1.165) is 0 Å². The molecular formula is C11H17N3O4. The molecule has 0 fully saturated rings. The van der Waals surface area contributed by atoms with Crippen molar-refractivity contribution in [3.8, 4) is 0 Å². The summed E-state index contributed by atoms with van der Waals surface area (Å²) in [4.78, 5) is 27.1. The number of methoxy groups -OCH3 is 2. The summed E-state index contributed by atoms with van der Waals surface area (Å²) in [6.45, 7) is 3.87. The Hall–Kier alpha value is -1.92. The highest BCUT2D eigenvalue weighted by molar-refractivity contribution is 5.95. The van der Waals surface area contributed by atoms with Crippen LogP contribution in [0.3, 0.4) is 0 Å². The molecule has 0 radical (unpaired) electrons. The summed E-state index contributed by atoms with van der Waals surface area (Å²) in [5.41, 5.74) is 0. The van der Waals surface area contributed by atoms with Crippen LogP contribution < -0.4 is 0 Å². The Labute approximate surface area is 105 Å². The lowest BCUT2D eigenvalue weighted by Crippen LogP contribution is -2.29. The van der Waals surface area contributed by atoms with Crippen molar-refractivity contribution in [2.75, 3.05) is 14.2 Å². The van der Waals surface area contributed by atoms with Crippen molar-refractivity contribution in [2.24, 2.45) is 5.92 Å². The molecule has 0 spiro atoms. The van der Waals surface area contributed by atoms with Crippen LogP contribution in [0.15, 0.2) is 6.33 Å². The lowest BCUT2D eigenvalue weighted by molar-refractivity contribution is -0.158. The van der Waals surface area contributed by atoms with E-state index in [-0.39, 0.29) is 12.5 Å². The Morgan fingerprint density at radius 2 is 1.83 bits per heavy atom. The quantitative estimate of drug-likeness (QED) is 0.558. The number of aromatic nitrogens is 3. The molecule has 0 amide bonds. The predicted octanol–water partition coefficient (Wildman–Crippen LogP) is 0.364. The summed E-state index contributed by atoms with van der Waals surface area (Å²) in [6, 6.07) is 0.0958. The molecule has 0 aliphatic rings. The fourth-order valence-corrected chi connectivity index (χ4v) is 1.58. The molecule has 0 aliphatic heterocycles. The minimum absolute atomic E-state index is 0.0958. The Kier molecular flexibility index (Phi) is 4.82. The van der Waals surface area contributed by atoms with E-state index in [0.29, 0.717) is 5.82 Å². The molecule has 0 saturated heterocycles. The summed E-state index contributed by atoms with van der Waals surface area (Å²) in [5.74, 6) is -1.74. The van der Waals surface area contributed by atoms with Crippen LogP contribution in [0.5, 0.6) is 0 Å². The third kappa shape index (κ3) is 3.06. The first kappa shape index (κ1) is 14.1. The number of carbonyl (C=O) groups is 2. The number of rotatable bonds is 5. The summed E-state index contributed by atoms with van der Waals surface area (Å²) < 4.78 is 10.8. The molecule has 0 atom stereocenters. The highest BCUT2D eigenvalue weighted by Crippen LogP contribution is 2.13.